The van der Waals surface area contributed by atoms with E-state index in [1.54, 1.807) is 28.9 Å². The predicted octanol–water partition coefficient (Wildman–Crippen LogP) is 9.10. The number of anilines is 2. The Morgan fingerprint density at radius 3 is 2.48 bits per heavy atom. The average Bonchev–Trinajstić information content (AvgIpc) is 3.37. The smallest absolute Gasteiger partial charge is 0.255 e. The summed E-state index contributed by atoms with van der Waals surface area (Å²) >= 11 is 10.0. The van der Waals surface area contributed by atoms with Crippen molar-refractivity contribution in [1.29, 1.82) is 0 Å². The zero-order valence-corrected chi connectivity index (χ0v) is 23.9. The van der Waals surface area contributed by atoms with Crippen LogP contribution in [0.4, 0.5) is 11.5 Å². The van der Waals surface area contributed by atoms with Crippen molar-refractivity contribution in [2.45, 2.75) is 14.0 Å². The summed E-state index contributed by atoms with van der Waals surface area (Å²) in [6.45, 7) is 0.489. The van der Waals surface area contributed by atoms with Gasteiger partial charge in [0.2, 0.25) is 0 Å². The summed E-state index contributed by atoms with van der Waals surface area (Å²) < 4.78 is 8.39. The van der Waals surface area contributed by atoms with Gasteiger partial charge in [0.25, 0.3) is 5.91 Å². The van der Waals surface area contributed by atoms with E-state index in [1.807, 2.05) is 91.0 Å². The molecule has 210 valence electrons. The van der Waals surface area contributed by atoms with Crippen LogP contribution < -0.4 is 15.4 Å². The Morgan fingerprint density at radius 1 is 0.881 bits per heavy atom. The molecule has 0 atom stereocenters. The number of hydrogen-bond acceptors (Lipinski definition) is 5. The lowest BCUT2D eigenvalue weighted by molar-refractivity contribution is 0.102. The second-order valence-corrected chi connectivity index (χ2v) is 10.4. The first-order valence-corrected chi connectivity index (χ1v) is 14.0. The number of rotatable bonds is 8. The van der Waals surface area contributed by atoms with Gasteiger partial charge >= 0.3 is 0 Å². The molecule has 0 saturated carbocycles. The molecule has 0 aliphatic carbocycles. The van der Waals surface area contributed by atoms with E-state index in [-0.39, 0.29) is 13.3 Å². The molecule has 0 saturated heterocycles. The molecule has 42 heavy (non-hydrogen) atoms. The zero-order valence-electron chi connectivity index (χ0n) is 21.6. The summed E-state index contributed by atoms with van der Waals surface area (Å²) in [4.78, 5) is 17.8. The second kappa shape index (κ2) is 12.9. The van der Waals surface area contributed by atoms with Crippen LogP contribution in [0.25, 0.3) is 16.9 Å². The maximum atomic E-state index is 13.0. The maximum Gasteiger partial charge on any atom is 0.255 e. The van der Waals surface area contributed by atoms with Crippen LogP contribution in [0.2, 0.25) is 5.02 Å². The van der Waals surface area contributed by atoms with Crippen molar-refractivity contribution in [3.8, 4) is 22.8 Å². The Morgan fingerprint density at radius 2 is 1.64 bits per heavy atom. The van der Waals surface area contributed by atoms with Gasteiger partial charge < -0.3 is 15.4 Å². The van der Waals surface area contributed by atoms with Crippen LogP contribution in [0, 0.1) is 0 Å². The number of benzene rings is 4. The van der Waals surface area contributed by atoms with Crippen molar-refractivity contribution in [1.82, 2.24) is 14.6 Å². The Kier molecular flexibility index (Phi) is 8.85. The van der Waals surface area contributed by atoms with Crippen molar-refractivity contribution in [3.63, 3.8) is 0 Å². The van der Waals surface area contributed by atoms with Crippen LogP contribution in [0.1, 0.15) is 23.3 Å². The van der Waals surface area contributed by atoms with Crippen LogP contribution in [-0.2, 0) is 6.54 Å². The van der Waals surface area contributed by atoms with E-state index >= 15 is 0 Å². The molecular formula is C33H27BrClN5O2. The quantitative estimate of drug-likeness (QED) is 0.173. The third kappa shape index (κ3) is 6.46. The topological polar surface area (TPSA) is 80.5 Å². The molecule has 0 aliphatic rings. The largest absolute Gasteiger partial charge is 0.457 e. The van der Waals surface area contributed by atoms with E-state index in [4.69, 9.17) is 21.3 Å². The lowest BCUT2D eigenvalue weighted by Gasteiger charge is -2.13. The first-order chi connectivity index (χ1) is 20.0. The minimum absolute atomic E-state index is 0. The Bertz CT molecular complexity index is 1860. The molecule has 6 rings (SSSR count). The SMILES string of the molecule is C.O=C(Nc1cccc(CNc2cc(-c3ccccc3Cl)nc3c(Br)cnn23)c1)c1cccc(Oc2ccccc2)c1. The molecule has 0 aliphatic heterocycles. The number of para-hydroxylation sites is 1. The summed E-state index contributed by atoms with van der Waals surface area (Å²) in [5.74, 6) is 1.82. The van der Waals surface area contributed by atoms with Crippen LogP contribution >= 0.6 is 27.5 Å². The number of carbonyl (C=O) groups excluding carboxylic acids is 1. The molecular weight excluding hydrogens is 614 g/mol. The summed E-state index contributed by atoms with van der Waals surface area (Å²) in [6, 6.07) is 33.8. The number of nitrogens with zero attached hydrogens (tertiary/aromatic N) is 3. The second-order valence-electron chi connectivity index (χ2n) is 9.19. The van der Waals surface area contributed by atoms with Crippen molar-refractivity contribution < 1.29 is 9.53 Å². The fourth-order valence-electron chi connectivity index (χ4n) is 4.35. The molecule has 7 nitrogen and oxygen atoms in total. The fourth-order valence-corrected chi connectivity index (χ4v) is 4.93. The highest BCUT2D eigenvalue weighted by Gasteiger charge is 2.14. The van der Waals surface area contributed by atoms with E-state index < -0.39 is 0 Å². The highest BCUT2D eigenvalue weighted by Crippen LogP contribution is 2.30. The molecule has 6 aromatic rings. The first kappa shape index (κ1) is 28.9. The summed E-state index contributed by atoms with van der Waals surface area (Å²) in [7, 11) is 0. The van der Waals surface area contributed by atoms with Crippen LogP contribution in [0.3, 0.4) is 0 Å². The molecule has 2 heterocycles. The lowest BCUT2D eigenvalue weighted by Crippen LogP contribution is -2.12. The molecule has 0 fully saturated rings. The van der Waals surface area contributed by atoms with E-state index in [9.17, 15) is 4.79 Å². The summed E-state index contributed by atoms with van der Waals surface area (Å²) in [5.41, 5.74) is 4.38. The van der Waals surface area contributed by atoms with Crippen LogP contribution in [0.15, 0.2) is 120 Å². The normalized spacial score (nSPS) is 10.6. The third-order valence-electron chi connectivity index (χ3n) is 6.31. The number of aromatic nitrogens is 3. The highest BCUT2D eigenvalue weighted by atomic mass is 79.9. The molecule has 9 heteroatoms. The minimum Gasteiger partial charge on any atom is -0.457 e. The number of amides is 1. The van der Waals surface area contributed by atoms with Gasteiger partial charge in [-0.1, -0.05) is 73.6 Å². The number of nitrogens with one attached hydrogen (secondary N) is 2. The maximum absolute atomic E-state index is 13.0. The van der Waals surface area contributed by atoms with Crippen LogP contribution in [-0.4, -0.2) is 20.5 Å². The van der Waals surface area contributed by atoms with E-state index in [0.29, 0.717) is 40.0 Å². The minimum atomic E-state index is -0.227. The highest BCUT2D eigenvalue weighted by molar-refractivity contribution is 9.10. The number of halogens is 2. The Labute approximate surface area is 257 Å². The molecule has 0 unspecified atom stereocenters. The monoisotopic (exact) mass is 639 g/mol. The Balaban J connectivity index is 0.00000353. The van der Waals surface area contributed by atoms with Gasteiger partial charge in [0.15, 0.2) is 5.65 Å². The number of carbonyl (C=O) groups is 1. The first-order valence-electron chi connectivity index (χ1n) is 12.8. The van der Waals surface area contributed by atoms with Gasteiger partial charge in [0, 0.05) is 34.4 Å². The summed E-state index contributed by atoms with van der Waals surface area (Å²) in [5, 5.41) is 11.5. The summed E-state index contributed by atoms with van der Waals surface area (Å²) in [6.07, 6.45) is 1.71. The van der Waals surface area contributed by atoms with Gasteiger partial charge in [-0.15, -0.1) is 0 Å². The number of ether oxygens (including phenoxy) is 1. The third-order valence-corrected chi connectivity index (χ3v) is 7.20. The van der Waals surface area contributed by atoms with E-state index in [0.717, 1.165) is 27.1 Å². The number of fused-ring (bicyclic) bond motifs is 1. The van der Waals surface area contributed by atoms with Crippen molar-refractivity contribution in [2.75, 3.05) is 10.6 Å². The molecule has 0 bridgehead atoms. The van der Waals surface area contributed by atoms with Gasteiger partial charge in [-0.3, -0.25) is 4.79 Å². The molecule has 0 spiro atoms. The fraction of sp³-hybridized carbons (Fsp3) is 0.0606. The zero-order chi connectivity index (χ0) is 28.2. The predicted molar refractivity (Wildman–Crippen MR) is 173 cm³/mol. The van der Waals surface area contributed by atoms with Crippen molar-refractivity contribution in [2.24, 2.45) is 0 Å². The lowest BCUT2D eigenvalue weighted by atomic mass is 10.1. The standard InChI is InChI=1S/C32H23BrClN5O2.CH4/c33-27-20-36-39-30(18-29(38-31(27)39)26-14-4-5-15-28(26)34)35-19-21-8-6-10-23(16-21)37-32(40)22-9-7-13-25(17-22)41-24-11-2-1-3-12-24;/h1-18,20,35H,19H2,(H,37,40);1H4. The van der Waals surface area contributed by atoms with Gasteiger partial charge in [0.1, 0.15) is 17.3 Å². The van der Waals surface area contributed by atoms with Gasteiger partial charge in [-0.25, -0.2) is 4.98 Å². The molecule has 4 aromatic carbocycles. The molecule has 2 aromatic heterocycles. The van der Waals surface area contributed by atoms with Crippen molar-refractivity contribution in [3.05, 3.63) is 136 Å². The molecule has 2 N–H and O–H groups in total. The van der Waals surface area contributed by atoms with E-state index in [1.165, 1.54) is 0 Å². The average molecular weight is 641 g/mol. The van der Waals surface area contributed by atoms with E-state index in [2.05, 4.69) is 31.7 Å². The number of hydrogen-bond donors (Lipinski definition) is 2. The molecule has 0 radical (unpaired) electrons. The van der Waals surface area contributed by atoms with Gasteiger partial charge in [-0.2, -0.15) is 9.61 Å². The Hall–Kier alpha value is -4.66. The molecule has 1 amide bonds. The van der Waals surface area contributed by atoms with Crippen molar-refractivity contribution >= 4 is 50.6 Å². The van der Waals surface area contributed by atoms with Crippen LogP contribution in [0.5, 0.6) is 11.5 Å². The van der Waals surface area contributed by atoms with Gasteiger partial charge in [-0.05, 0) is 70.0 Å². The van der Waals surface area contributed by atoms with Gasteiger partial charge in [0.05, 0.1) is 16.4 Å².